The van der Waals surface area contributed by atoms with E-state index in [0.29, 0.717) is 36.3 Å². The number of hydrogen-bond donors (Lipinski definition) is 2. The fourth-order valence-corrected chi connectivity index (χ4v) is 3.74. The van der Waals surface area contributed by atoms with E-state index in [1.807, 2.05) is 37.3 Å². The summed E-state index contributed by atoms with van der Waals surface area (Å²) in [5, 5.41) is 2.60. The molecule has 0 bridgehead atoms. The SMILES string of the molecule is CCC(=O)[C@@H]1CC[C@H](c2ccccc2)N(C(=O)C(=O)Nc2cnc(N)c(C)c2)C1. The summed E-state index contributed by atoms with van der Waals surface area (Å²) in [6, 6.07) is 11.0. The number of rotatable bonds is 4. The van der Waals surface area contributed by atoms with Crippen LogP contribution in [-0.2, 0) is 14.4 Å². The van der Waals surface area contributed by atoms with Gasteiger partial charge in [-0.2, -0.15) is 0 Å². The number of amides is 2. The molecule has 0 unspecified atom stereocenters. The molecular weight excluding hydrogens is 368 g/mol. The number of carbonyl (C=O) groups excluding carboxylic acids is 3. The molecule has 3 rings (SSSR count). The van der Waals surface area contributed by atoms with Gasteiger partial charge in [-0.3, -0.25) is 14.4 Å². The highest BCUT2D eigenvalue weighted by Gasteiger charge is 2.37. The molecule has 152 valence electrons. The second-order valence-electron chi connectivity index (χ2n) is 7.36. The maximum atomic E-state index is 13.1. The Kier molecular flexibility index (Phi) is 6.26. The Hall–Kier alpha value is -3.22. The van der Waals surface area contributed by atoms with E-state index in [1.54, 1.807) is 13.0 Å². The number of nitrogens with two attached hydrogens (primary N) is 1. The van der Waals surface area contributed by atoms with Gasteiger partial charge in [-0.15, -0.1) is 0 Å². The fraction of sp³-hybridized carbons (Fsp3) is 0.364. The summed E-state index contributed by atoms with van der Waals surface area (Å²) < 4.78 is 0. The van der Waals surface area contributed by atoms with Crippen molar-refractivity contribution in [1.82, 2.24) is 9.88 Å². The van der Waals surface area contributed by atoms with Crippen LogP contribution in [0.2, 0.25) is 0 Å². The first-order valence-corrected chi connectivity index (χ1v) is 9.82. The Bertz CT molecular complexity index is 914. The van der Waals surface area contributed by atoms with Crippen LogP contribution in [-0.4, -0.2) is 34.0 Å². The number of benzene rings is 1. The molecule has 2 heterocycles. The summed E-state index contributed by atoms with van der Waals surface area (Å²) in [6.07, 6.45) is 3.19. The number of nitrogen functional groups attached to an aromatic ring is 1. The van der Waals surface area contributed by atoms with Crippen molar-refractivity contribution in [3.63, 3.8) is 0 Å². The van der Waals surface area contributed by atoms with E-state index in [9.17, 15) is 14.4 Å². The normalized spacial score (nSPS) is 18.9. The van der Waals surface area contributed by atoms with Crippen molar-refractivity contribution in [2.45, 2.75) is 39.2 Å². The number of Topliss-reactive ketones (excluding diaryl/α,β-unsaturated/α-hetero) is 1. The summed E-state index contributed by atoms with van der Waals surface area (Å²) in [7, 11) is 0. The van der Waals surface area contributed by atoms with Crippen molar-refractivity contribution in [2.24, 2.45) is 5.92 Å². The first-order valence-electron chi connectivity index (χ1n) is 9.82. The van der Waals surface area contributed by atoms with Crippen LogP contribution in [0.4, 0.5) is 11.5 Å². The molecule has 7 nitrogen and oxygen atoms in total. The number of nitrogens with one attached hydrogen (secondary N) is 1. The topological polar surface area (TPSA) is 105 Å². The molecule has 1 aromatic heterocycles. The van der Waals surface area contributed by atoms with Crippen LogP contribution in [0.5, 0.6) is 0 Å². The van der Waals surface area contributed by atoms with E-state index < -0.39 is 11.8 Å². The summed E-state index contributed by atoms with van der Waals surface area (Å²) in [5.41, 5.74) is 7.78. The van der Waals surface area contributed by atoms with E-state index in [0.717, 1.165) is 5.56 Å². The maximum Gasteiger partial charge on any atom is 0.313 e. The molecule has 7 heteroatoms. The lowest BCUT2D eigenvalue weighted by Gasteiger charge is -2.39. The Balaban J connectivity index is 1.82. The minimum absolute atomic E-state index is 0.119. The zero-order chi connectivity index (χ0) is 21.0. The van der Waals surface area contributed by atoms with Crippen molar-refractivity contribution in [3.05, 3.63) is 53.7 Å². The van der Waals surface area contributed by atoms with Gasteiger partial charge in [-0.25, -0.2) is 4.98 Å². The van der Waals surface area contributed by atoms with Crippen LogP contribution in [0, 0.1) is 12.8 Å². The Labute approximate surface area is 170 Å². The molecule has 1 saturated heterocycles. The Morgan fingerprint density at radius 3 is 2.59 bits per heavy atom. The van der Waals surface area contributed by atoms with Gasteiger partial charge in [-0.05, 0) is 37.0 Å². The molecule has 1 aromatic carbocycles. The van der Waals surface area contributed by atoms with E-state index in [-0.39, 0.29) is 24.3 Å². The van der Waals surface area contributed by atoms with Gasteiger partial charge >= 0.3 is 11.8 Å². The number of aromatic nitrogens is 1. The Morgan fingerprint density at radius 2 is 1.93 bits per heavy atom. The number of piperidine rings is 1. The third-order valence-electron chi connectivity index (χ3n) is 5.40. The van der Waals surface area contributed by atoms with Gasteiger partial charge in [0.15, 0.2) is 0 Å². The number of aryl methyl sites for hydroxylation is 1. The number of carbonyl (C=O) groups is 3. The zero-order valence-corrected chi connectivity index (χ0v) is 16.7. The molecule has 29 heavy (non-hydrogen) atoms. The molecule has 0 aliphatic carbocycles. The molecule has 2 amide bonds. The van der Waals surface area contributed by atoms with Crippen molar-refractivity contribution >= 4 is 29.1 Å². The zero-order valence-electron chi connectivity index (χ0n) is 16.7. The number of anilines is 2. The van der Waals surface area contributed by atoms with Gasteiger partial charge < -0.3 is 16.0 Å². The lowest BCUT2D eigenvalue weighted by molar-refractivity contribution is -0.147. The van der Waals surface area contributed by atoms with Crippen LogP contribution in [0.15, 0.2) is 42.6 Å². The Morgan fingerprint density at radius 1 is 1.21 bits per heavy atom. The second-order valence-corrected chi connectivity index (χ2v) is 7.36. The molecule has 1 aliphatic rings. The van der Waals surface area contributed by atoms with Crippen LogP contribution in [0.25, 0.3) is 0 Å². The van der Waals surface area contributed by atoms with Gasteiger partial charge in [0.05, 0.1) is 17.9 Å². The molecule has 2 aromatic rings. The standard InChI is InChI=1S/C22H26N4O3/c1-3-19(27)16-9-10-18(15-7-5-4-6-8-15)26(13-16)22(29)21(28)25-17-11-14(2)20(23)24-12-17/h4-8,11-12,16,18H,3,9-10,13H2,1-2H3,(H2,23,24)(H,25,28)/t16-,18-/m1/s1. The van der Waals surface area contributed by atoms with Gasteiger partial charge in [0, 0.05) is 18.9 Å². The minimum atomic E-state index is -0.749. The van der Waals surface area contributed by atoms with Crippen LogP contribution in [0.3, 0.4) is 0 Å². The van der Waals surface area contributed by atoms with E-state index >= 15 is 0 Å². The average molecular weight is 394 g/mol. The first-order chi connectivity index (χ1) is 13.9. The highest BCUT2D eigenvalue weighted by molar-refractivity contribution is 6.39. The van der Waals surface area contributed by atoms with E-state index in [1.165, 1.54) is 11.1 Å². The van der Waals surface area contributed by atoms with E-state index in [4.69, 9.17) is 5.73 Å². The quantitative estimate of drug-likeness (QED) is 0.776. The number of ketones is 1. The smallest absolute Gasteiger partial charge is 0.313 e. The molecule has 1 aliphatic heterocycles. The van der Waals surface area contributed by atoms with Crippen molar-refractivity contribution in [2.75, 3.05) is 17.6 Å². The molecule has 2 atom stereocenters. The molecule has 0 radical (unpaired) electrons. The number of pyridine rings is 1. The lowest BCUT2D eigenvalue weighted by Crippen LogP contribution is -2.48. The van der Waals surface area contributed by atoms with Crippen molar-refractivity contribution < 1.29 is 14.4 Å². The third-order valence-corrected chi connectivity index (χ3v) is 5.40. The predicted octanol–water partition coefficient (Wildman–Crippen LogP) is 2.87. The maximum absolute atomic E-state index is 13.1. The highest BCUT2D eigenvalue weighted by Crippen LogP contribution is 2.34. The largest absolute Gasteiger partial charge is 0.383 e. The average Bonchev–Trinajstić information content (AvgIpc) is 2.75. The van der Waals surface area contributed by atoms with Crippen LogP contribution >= 0.6 is 0 Å². The van der Waals surface area contributed by atoms with Crippen LogP contribution in [0.1, 0.15) is 43.4 Å². The molecule has 1 fully saturated rings. The summed E-state index contributed by atoms with van der Waals surface area (Å²) in [4.78, 5) is 43.5. The first kappa shape index (κ1) is 20.5. The molecular formula is C22H26N4O3. The number of hydrogen-bond acceptors (Lipinski definition) is 5. The number of nitrogens with zero attached hydrogens (tertiary/aromatic N) is 2. The van der Waals surface area contributed by atoms with Crippen molar-refractivity contribution in [3.8, 4) is 0 Å². The van der Waals surface area contributed by atoms with Crippen LogP contribution < -0.4 is 11.1 Å². The van der Waals surface area contributed by atoms with Gasteiger partial charge in [0.25, 0.3) is 0 Å². The van der Waals surface area contributed by atoms with Gasteiger partial charge in [-0.1, -0.05) is 37.3 Å². The molecule has 0 saturated carbocycles. The minimum Gasteiger partial charge on any atom is -0.383 e. The van der Waals surface area contributed by atoms with Crippen molar-refractivity contribution in [1.29, 1.82) is 0 Å². The van der Waals surface area contributed by atoms with Gasteiger partial charge in [0.2, 0.25) is 0 Å². The lowest BCUT2D eigenvalue weighted by atomic mass is 9.86. The predicted molar refractivity (Wildman–Crippen MR) is 111 cm³/mol. The highest BCUT2D eigenvalue weighted by atomic mass is 16.2. The van der Waals surface area contributed by atoms with E-state index in [2.05, 4.69) is 10.3 Å². The second kappa shape index (κ2) is 8.86. The molecule has 0 spiro atoms. The summed E-state index contributed by atoms with van der Waals surface area (Å²) in [6.45, 7) is 3.84. The monoisotopic (exact) mass is 394 g/mol. The number of likely N-dealkylation sites (tertiary alicyclic amines) is 1. The summed E-state index contributed by atoms with van der Waals surface area (Å²) >= 11 is 0. The van der Waals surface area contributed by atoms with Gasteiger partial charge in [0.1, 0.15) is 11.6 Å². The summed E-state index contributed by atoms with van der Waals surface area (Å²) in [5.74, 6) is -1.15. The third kappa shape index (κ3) is 4.62. The molecule has 3 N–H and O–H groups in total. The fourth-order valence-electron chi connectivity index (χ4n) is 3.74.